The van der Waals surface area contributed by atoms with Gasteiger partial charge in [0.15, 0.2) is 0 Å². The number of hydrogen-bond donors (Lipinski definition) is 1. The molecule has 22 heavy (non-hydrogen) atoms. The predicted octanol–water partition coefficient (Wildman–Crippen LogP) is 4.58. The third-order valence-electron chi connectivity index (χ3n) is 3.66. The van der Waals surface area contributed by atoms with Crippen molar-refractivity contribution in [3.8, 4) is 0 Å². The van der Waals surface area contributed by atoms with E-state index in [4.69, 9.17) is 0 Å². The maximum atomic E-state index is 12.1. The minimum absolute atomic E-state index is 0.0340. The zero-order chi connectivity index (χ0) is 16.1. The smallest absolute Gasteiger partial charge is 0.230 e. The molecular formula is C19H23NOS. The summed E-state index contributed by atoms with van der Waals surface area (Å²) >= 11 is 1.57. The molecule has 0 fully saturated rings. The van der Waals surface area contributed by atoms with Gasteiger partial charge in [-0.1, -0.05) is 41.5 Å². The average molecular weight is 313 g/mol. The van der Waals surface area contributed by atoms with Crippen molar-refractivity contribution in [1.82, 2.24) is 5.32 Å². The standard InChI is InChI=1S/C19H23NOS/c1-13-5-8-17(9-6-13)22-12-19(21)20-16(4)18-10-7-14(2)11-15(18)3/h5-11,16H,12H2,1-4H3,(H,20,21)/t16-/m0/s1. The summed E-state index contributed by atoms with van der Waals surface area (Å²) in [6, 6.07) is 14.6. The second kappa shape index (κ2) is 7.50. The van der Waals surface area contributed by atoms with Crippen LogP contribution in [0.3, 0.4) is 0 Å². The topological polar surface area (TPSA) is 29.1 Å². The molecule has 0 aliphatic rings. The second-order valence-electron chi connectivity index (χ2n) is 5.75. The fraction of sp³-hybridized carbons (Fsp3) is 0.316. The lowest BCUT2D eigenvalue weighted by atomic mass is 10.0. The third kappa shape index (κ3) is 4.63. The number of hydrogen-bond acceptors (Lipinski definition) is 2. The second-order valence-corrected chi connectivity index (χ2v) is 6.80. The van der Waals surface area contributed by atoms with Crippen LogP contribution in [0.15, 0.2) is 47.4 Å². The van der Waals surface area contributed by atoms with Crippen molar-refractivity contribution < 1.29 is 4.79 Å². The number of aryl methyl sites for hydroxylation is 3. The van der Waals surface area contributed by atoms with Gasteiger partial charge in [0.1, 0.15) is 0 Å². The lowest BCUT2D eigenvalue weighted by molar-refractivity contribution is -0.119. The zero-order valence-electron chi connectivity index (χ0n) is 13.6. The molecule has 0 saturated heterocycles. The van der Waals surface area contributed by atoms with Crippen molar-refractivity contribution in [2.24, 2.45) is 0 Å². The lowest BCUT2D eigenvalue weighted by Crippen LogP contribution is -2.28. The van der Waals surface area contributed by atoms with Gasteiger partial charge in [0.05, 0.1) is 11.8 Å². The molecule has 0 spiro atoms. The molecular weight excluding hydrogens is 290 g/mol. The van der Waals surface area contributed by atoms with E-state index in [1.807, 2.05) is 6.92 Å². The molecule has 3 heteroatoms. The fourth-order valence-electron chi connectivity index (χ4n) is 2.46. The highest BCUT2D eigenvalue weighted by atomic mass is 32.2. The quantitative estimate of drug-likeness (QED) is 0.819. The van der Waals surface area contributed by atoms with Crippen LogP contribution in [0.1, 0.15) is 35.2 Å². The number of carbonyl (C=O) groups is 1. The minimum Gasteiger partial charge on any atom is -0.349 e. The van der Waals surface area contributed by atoms with Gasteiger partial charge in [-0.15, -0.1) is 11.8 Å². The lowest BCUT2D eigenvalue weighted by Gasteiger charge is -2.17. The Balaban J connectivity index is 1.89. The van der Waals surface area contributed by atoms with Gasteiger partial charge in [-0.2, -0.15) is 0 Å². The molecule has 116 valence electrons. The average Bonchev–Trinajstić information content (AvgIpc) is 2.46. The van der Waals surface area contributed by atoms with Crippen LogP contribution < -0.4 is 5.32 Å². The molecule has 2 aromatic carbocycles. The normalized spacial score (nSPS) is 12.0. The van der Waals surface area contributed by atoms with Gasteiger partial charge in [-0.3, -0.25) is 4.79 Å². The Morgan fingerprint density at radius 1 is 1.05 bits per heavy atom. The van der Waals surface area contributed by atoms with Crippen molar-refractivity contribution >= 4 is 17.7 Å². The van der Waals surface area contributed by atoms with E-state index in [2.05, 4.69) is 68.6 Å². The Morgan fingerprint density at radius 2 is 1.68 bits per heavy atom. The predicted molar refractivity (Wildman–Crippen MR) is 94.4 cm³/mol. The van der Waals surface area contributed by atoms with E-state index in [0.717, 1.165) is 4.90 Å². The Bertz CT molecular complexity index is 649. The van der Waals surface area contributed by atoms with Crippen LogP contribution in [0.25, 0.3) is 0 Å². The number of rotatable bonds is 5. The van der Waals surface area contributed by atoms with E-state index in [-0.39, 0.29) is 11.9 Å². The van der Waals surface area contributed by atoms with Crippen LogP contribution in [-0.4, -0.2) is 11.7 Å². The summed E-state index contributed by atoms with van der Waals surface area (Å²) in [5.74, 6) is 0.510. The largest absolute Gasteiger partial charge is 0.349 e. The molecule has 0 aliphatic carbocycles. The first-order valence-corrected chi connectivity index (χ1v) is 8.50. The zero-order valence-corrected chi connectivity index (χ0v) is 14.5. The number of amides is 1. The Hall–Kier alpha value is -1.74. The van der Waals surface area contributed by atoms with E-state index in [0.29, 0.717) is 5.75 Å². The van der Waals surface area contributed by atoms with Crippen molar-refractivity contribution in [2.75, 3.05) is 5.75 Å². The van der Waals surface area contributed by atoms with E-state index >= 15 is 0 Å². The summed E-state index contributed by atoms with van der Waals surface area (Å²) in [7, 11) is 0. The van der Waals surface area contributed by atoms with Crippen LogP contribution in [0, 0.1) is 20.8 Å². The van der Waals surface area contributed by atoms with Crippen molar-refractivity contribution in [3.63, 3.8) is 0 Å². The number of carbonyl (C=O) groups excluding carboxylic acids is 1. The summed E-state index contributed by atoms with van der Waals surface area (Å²) in [4.78, 5) is 13.2. The number of benzene rings is 2. The summed E-state index contributed by atoms with van der Waals surface area (Å²) in [5, 5.41) is 3.08. The molecule has 0 bridgehead atoms. The molecule has 0 aliphatic heterocycles. The van der Waals surface area contributed by atoms with Gasteiger partial charge in [0.2, 0.25) is 5.91 Å². The molecule has 2 nitrogen and oxygen atoms in total. The summed E-state index contributed by atoms with van der Waals surface area (Å²) < 4.78 is 0. The summed E-state index contributed by atoms with van der Waals surface area (Å²) in [5.41, 5.74) is 4.88. The molecule has 0 aromatic heterocycles. The van der Waals surface area contributed by atoms with Crippen LogP contribution in [-0.2, 0) is 4.79 Å². The molecule has 2 aromatic rings. The Kier molecular flexibility index (Phi) is 5.67. The van der Waals surface area contributed by atoms with E-state index < -0.39 is 0 Å². The van der Waals surface area contributed by atoms with Gasteiger partial charge >= 0.3 is 0 Å². The maximum absolute atomic E-state index is 12.1. The van der Waals surface area contributed by atoms with Crippen molar-refractivity contribution in [1.29, 1.82) is 0 Å². The number of nitrogens with one attached hydrogen (secondary N) is 1. The third-order valence-corrected chi connectivity index (χ3v) is 4.67. The first kappa shape index (κ1) is 16.6. The summed E-state index contributed by atoms with van der Waals surface area (Å²) in [6.07, 6.45) is 0. The highest BCUT2D eigenvalue weighted by Gasteiger charge is 2.12. The molecule has 0 heterocycles. The Morgan fingerprint density at radius 3 is 2.32 bits per heavy atom. The van der Waals surface area contributed by atoms with E-state index in [1.54, 1.807) is 11.8 Å². The monoisotopic (exact) mass is 313 g/mol. The molecule has 2 rings (SSSR count). The SMILES string of the molecule is Cc1ccc(SCC(=O)N[C@@H](C)c2ccc(C)cc2C)cc1. The minimum atomic E-state index is 0.0340. The first-order chi connectivity index (χ1) is 10.5. The van der Waals surface area contributed by atoms with E-state index in [1.165, 1.54) is 22.3 Å². The van der Waals surface area contributed by atoms with Gasteiger partial charge in [-0.05, 0) is 51.0 Å². The van der Waals surface area contributed by atoms with Gasteiger partial charge in [-0.25, -0.2) is 0 Å². The first-order valence-electron chi connectivity index (χ1n) is 7.51. The highest BCUT2D eigenvalue weighted by molar-refractivity contribution is 8.00. The molecule has 0 radical (unpaired) electrons. The number of thioether (sulfide) groups is 1. The molecule has 0 unspecified atom stereocenters. The highest BCUT2D eigenvalue weighted by Crippen LogP contribution is 2.20. The van der Waals surface area contributed by atoms with Crippen LogP contribution in [0.2, 0.25) is 0 Å². The summed E-state index contributed by atoms with van der Waals surface area (Å²) in [6.45, 7) is 8.27. The van der Waals surface area contributed by atoms with Crippen LogP contribution >= 0.6 is 11.8 Å². The van der Waals surface area contributed by atoms with E-state index in [9.17, 15) is 4.79 Å². The molecule has 0 saturated carbocycles. The fourth-order valence-corrected chi connectivity index (χ4v) is 3.17. The van der Waals surface area contributed by atoms with Gasteiger partial charge in [0, 0.05) is 4.90 Å². The van der Waals surface area contributed by atoms with Gasteiger partial charge < -0.3 is 5.32 Å². The molecule has 1 amide bonds. The Labute approximate surface area is 137 Å². The molecule has 1 N–H and O–H groups in total. The van der Waals surface area contributed by atoms with Crippen molar-refractivity contribution in [3.05, 3.63) is 64.7 Å². The molecule has 1 atom stereocenters. The van der Waals surface area contributed by atoms with Crippen LogP contribution in [0.4, 0.5) is 0 Å². The van der Waals surface area contributed by atoms with Crippen molar-refractivity contribution in [2.45, 2.75) is 38.6 Å². The maximum Gasteiger partial charge on any atom is 0.230 e. The van der Waals surface area contributed by atoms with Gasteiger partial charge in [0.25, 0.3) is 0 Å². The van der Waals surface area contributed by atoms with Crippen LogP contribution in [0.5, 0.6) is 0 Å².